The predicted octanol–water partition coefficient (Wildman–Crippen LogP) is 1.48. The SMILES string of the molecule is CN1C(=O)OCC1C(C)(C)C. The maximum atomic E-state index is 10.9. The summed E-state index contributed by atoms with van der Waals surface area (Å²) >= 11 is 0. The molecule has 64 valence electrons. The second kappa shape index (κ2) is 2.40. The van der Waals surface area contributed by atoms with Crippen LogP contribution in [0.4, 0.5) is 4.79 Å². The average molecular weight is 157 g/mol. The third kappa shape index (κ3) is 1.47. The van der Waals surface area contributed by atoms with Gasteiger partial charge in [-0.1, -0.05) is 20.8 Å². The molecular weight excluding hydrogens is 142 g/mol. The van der Waals surface area contributed by atoms with E-state index in [-0.39, 0.29) is 17.6 Å². The minimum Gasteiger partial charge on any atom is -0.447 e. The molecule has 0 saturated carbocycles. The van der Waals surface area contributed by atoms with Crippen molar-refractivity contribution in [2.75, 3.05) is 13.7 Å². The van der Waals surface area contributed by atoms with Gasteiger partial charge in [-0.2, -0.15) is 0 Å². The second-order valence-electron chi connectivity index (χ2n) is 4.07. The number of ether oxygens (including phenoxy) is 1. The topological polar surface area (TPSA) is 29.5 Å². The van der Waals surface area contributed by atoms with Gasteiger partial charge in [0.2, 0.25) is 0 Å². The molecule has 1 unspecified atom stereocenters. The molecule has 0 spiro atoms. The third-order valence-electron chi connectivity index (χ3n) is 2.12. The van der Waals surface area contributed by atoms with Gasteiger partial charge in [0.05, 0.1) is 6.04 Å². The highest BCUT2D eigenvalue weighted by Gasteiger charge is 2.37. The lowest BCUT2D eigenvalue weighted by atomic mass is 9.87. The standard InChI is InChI=1S/C8H15NO2/c1-8(2,3)6-5-11-7(10)9(6)4/h6H,5H2,1-4H3. The van der Waals surface area contributed by atoms with Crippen molar-refractivity contribution >= 4 is 6.09 Å². The minimum absolute atomic E-state index is 0.112. The number of nitrogens with zero attached hydrogens (tertiary/aromatic N) is 1. The zero-order chi connectivity index (χ0) is 8.65. The quantitative estimate of drug-likeness (QED) is 0.533. The van der Waals surface area contributed by atoms with Crippen molar-refractivity contribution in [3.63, 3.8) is 0 Å². The van der Waals surface area contributed by atoms with Crippen LogP contribution in [0.25, 0.3) is 0 Å². The molecule has 0 aromatic carbocycles. The molecule has 0 bridgehead atoms. The first-order valence-electron chi connectivity index (χ1n) is 3.82. The molecule has 3 nitrogen and oxygen atoms in total. The van der Waals surface area contributed by atoms with Crippen LogP contribution in [0.15, 0.2) is 0 Å². The van der Waals surface area contributed by atoms with Crippen molar-refractivity contribution in [1.29, 1.82) is 0 Å². The highest BCUT2D eigenvalue weighted by Crippen LogP contribution is 2.27. The molecule has 0 aliphatic carbocycles. The van der Waals surface area contributed by atoms with E-state index in [1.165, 1.54) is 0 Å². The largest absolute Gasteiger partial charge is 0.447 e. The maximum Gasteiger partial charge on any atom is 0.409 e. The van der Waals surface area contributed by atoms with Crippen molar-refractivity contribution in [2.45, 2.75) is 26.8 Å². The number of carbonyl (C=O) groups excluding carboxylic acids is 1. The van der Waals surface area contributed by atoms with Crippen LogP contribution < -0.4 is 0 Å². The van der Waals surface area contributed by atoms with Gasteiger partial charge in [-0.25, -0.2) is 4.79 Å². The van der Waals surface area contributed by atoms with E-state index in [1.807, 2.05) is 0 Å². The molecule has 0 radical (unpaired) electrons. The lowest BCUT2D eigenvalue weighted by molar-refractivity contribution is 0.161. The maximum absolute atomic E-state index is 10.9. The number of rotatable bonds is 0. The van der Waals surface area contributed by atoms with E-state index in [9.17, 15) is 4.79 Å². The molecular formula is C8H15NO2. The molecule has 1 aliphatic heterocycles. The first-order chi connectivity index (χ1) is 4.93. The monoisotopic (exact) mass is 157 g/mol. The molecule has 1 aliphatic rings. The fourth-order valence-corrected chi connectivity index (χ4v) is 1.32. The number of hydrogen-bond acceptors (Lipinski definition) is 2. The lowest BCUT2D eigenvalue weighted by Crippen LogP contribution is -2.39. The summed E-state index contributed by atoms with van der Waals surface area (Å²) < 4.78 is 4.89. The Bertz CT molecular complexity index is 171. The third-order valence-corrected chi connectivity index (χ3v) is 2.12. The van der Waals surface area contributed by atoms with Crippen LogP contribution in [-0.2, 0) is 4.74 Å². The Balaban J connectivity index is 2.70. The Morgan fingerprint density at radius 1 is 1.55 bits per heavy atom. The number of amides is 1. The fourth-order valence-electron chi connectivity index (χ4n) is 1.32. The summed E-state index contributed by atoms with van der Waals surface area (Å²) in [5, 5.41) is 0. The fraction of sp³-hybridized carbons (Fsp3) is 0.875. The normalized spacial score (nSPS) is 25.6. The summed E-state index contributed by atoms with van der Waals surface area (Å²) in [7, 11) is 1.78. The molecule has 1 saturated heterocycles. The molecule has 1 heterocycles. The van der Waals surface area contributed by atoms with E-state index >= 15 is 0 Å². The van der Waals surface area contributed by atoms with Crippen molar-refractivity contribution in [3.8, 4) is 0 Å². The van der Waals surface area contributed by atoms with E-state index in [0.29, 0.717) is 6.61 Å². The molecule has 3 heteroatoms. The second-order valence-corrected chi connectivity index (χ2v) is 4.07. The molecule has 1 fully saturated rings. The minimum atomic E-state index is -0.204. The van der Waals surface area contributed by atoms with Crippen LogP contribution in [0.2, 0.25) is 0 Å². The van der Waals surface area contributed by atoms with Crippen molar-refractivity contribution in [1.82, 2.24) is 4.90 Å². The van der Waals surface area contributed by atoms with Crippen LogP contribution in [0.1, 0.15) is 20.8 Å². The van der Waals surface area contributed by atoms with Crippen molar-refractivity contribution < 1.29 is 9.53 Å². The molecule has 0 aromatic heterocycles. The van der Waals surface area contributed by atoms with Gasteiger partial charge in [0, 0.05) is 7.05 Å². The Labute approximate surface area is 67.3 Å². The van der Waals surface area contributed by atoms with Gasteiger partial charge in [-0.3, -0.25) is 0 Å². The van der Waals surface area contributed by atoms with Gasteiger partial charge in [0.1, 0.15) is 6.61 Å². The van der Waals surface area contributed by atoms with Crippen LogP contribution in [0.3, 0.4) is 0 Å². The van der Waals surface area contributed by atoms with Crippen LogP contribution in [0.5, 0.6) is 0 Å². The summed E-state index contributed by atoms with van der Waals surface area (Å²) in [6, 6.07) is 0.218. The summed E-state index contributed by atoms with van der Waals surface area (Å²) in [5.41, 5.74) is 0.112. The number of likely N-dealkylation sites (N-methyl/N-ethyl adjacent to an activating group) is 1. The smallest absolute Gasteiger partial charge is 0.409 e. The Kier molecular flexibility index (Phi) is 1.82. The summed E-state index contributed by atoms with van der Waals surface area (Å²) in [4.78, 5) is 12.6. The summed E-state index contributed by atoms with van der Waals surface area (Å²) in [5.74, 6) is 0. The highest BCUT2D eigenvalue weighted by atomic mass is 16.6. The average Bonchev–Trinajstić information content (AvgIpc) is 2.11. The van der Waals surface area contributed by atoms with Crippen molar-refractivity contribution in [2.24, 2.45) is 5.41 Å². The first kappa shape index (κ1) is 8.37. The molecule has 1 atom stereocenters. The predicted molar refractivity (Wildman–Crippen MR) is 42.4 cm³/mol. The van der Waals surface area contributed by atoms with Gasteiger partial charge in [0.25, 0.3) is 0 Å². The molecule has 11 heavy (non-hydrogen) atoms. The number of carbonyl (C=O) groups is 1. The number of hydrogen-bond donors (Lipinski definition) is 0. The van der Waals surface area contributed by atoms with Crippen LogP contribution in [-0.4, -0.2) is 30.7 Å². The van der Waals surface area contributed by atoms with Gasteiger partial charge in [0.15, 0.2) is 0 Å². The Morgan fingerprint density at radius 2 is 2.09 bits per heavy atom. The zero-order valence-corrected chi connectivity index (χ0v) is 7.55. The Morgan fingerprint density at radius 3 is 2.27 bits per heavy atom. The highest BCUT2D eigenvalue weighted by molar-refractivity contribution is 5.69. The van der Waals surface area contributed by atoms with E-state index in [4.69, 9.17) is 4.74 Å². The summed E-state index contributed by atoms with van der Waals surface area (Å²) in [6.45, 7) is 6.85. The number of cyclic esters (lactones) is 1. The molecule has 1 amide bonds. The first-order valence-corrected chi connectivity index (χ1v) is 3.82. The molecule has 0 N–H and O–H groups in total. The van der Waals surface area contributed by atoms with E-state index in [2.05, 4.69) is 20.8 Å². The van der Waals surface area contributed by atoms with Gasteiger partial charge < -0.3 is 9.64 Å². The summed E-state index contributed by atoms with van der Waals surface area (Å²) in [6.07, 6.45) is -0.204. The van der Waals surface area contributed by atoms with E-state index in [0.717, 1.165) is 0 Å². The van der Waals surface area contributed by atoms with Crippen molar-refractivity contribution in [3.05, 3.63) is 0 Å². The van der Waals surface area contributed by atoms with E-state index < -0.39 is 0 Å². The van der Waals surface area contributed by atoms with Crippen LogP contribution in [0, 0.1) is 5.41 Å². The molecule has 1 rings (SSSR count). The van der Waals surface area contributed by atoms with Gasteiger partial charge >= 0.3 is 6.09 Å². The lowest BCUT2D eigenvalue weighted by Gasteiger charge is -2.29. The van der Waals surface area contributed by atoms with Gasteiger partial charge in [-0.15, -0.1) is 0 Å². The Hall–Kier alpha value is -0.730. The van der Waals surface area contributed by atoms with E-state index in [1.54, 1.807) is 11.9 Å². The van der Waals surface area contributed by atoms with Gasteiger partial charge in [-0.05, 0) is 5.41 Å². The van der Waals surface area contributed by atoms with Crippen LogP contribution >= 0.6 is 0 Å². The molecule has 0 aromatic rings. The zero-order valence-electron chi connectivity index (χ0n) is 7.55.